The Labute approximate surface area is 112 Å². The summed E-state index contributed by atoms with van der Waals surface area (Å²) < 4.78 is 23.9. The van der Waals surface area contributed by atoms with Gasteiger partial charge in [0.1, 0.15) is 0 Å². The number of hydrogen-bond acceptors (Lipinski definition) is 5. The van der Waals surface area contributed by atoms with E-state index in [2.05, 4.69) is 0 Å². The van der Waals surface area contributed by atoms with Crippen LogP contribution in [0, 0.1) is 11.3 Å². The largest absolute Gasteiger partial charge is 0.395 e. The van der Waals surface area contributed by atoms with Crippen molar-refractivity contribution in [1.82, 2.24) is 0 Å². The van der Waals surface area contributed by atoms with E-state index < -0.39 is 9.84 Å². The monoisotopic (exact) mass is 285 g/mol. The van der Waals surface area contributed by atoms with Crippen molar-refractivity contribution in [3.8, 4) is 6.07 Å². The van der Waals surface area contributed by atoms with Gasteiger partial charge in [0.15, 0.2) is 9.84 Å². The number of hydrogen-bond donors (Lipinski definition) is 1. The van der Waals surface area contributed by atoms with Crippen molar-refractivity contribution >= 4 is 21.6 Å². The first-order valence-electron chi connectivity index (χ1n) is 5.45. The van der Waals surface area contributed by atoms with Crippen LogP contribution < -0.4 is 0 Å². The maximum absolute atomic E-state index is 11.9. The number of nitriles is 1. The summed E-state index contributed by atoms with van der Waals surface area (Å²) >= 11 is 1.42. The number of nitrogens with zero attached hydrogens (tertiary/aromatic N) is 1. The molecule has 98 valence electrons. The zero-order chi connectivity index (χ0) is 13.6. The molecule has 1 atom stereocenters. The molecule has 0 saturated heterocycles. The molecule has 0 aliphatic rings. The van der Waals surface area contributed by atoms with Crippen molar-refractivity contribution < 1.29 is 13.5 Å². The van der Waals surface area contributed by atoms with Crippen molar-refractivity contribution in [2.24, 2.45) is 0 Å². The Balaban J connectivity index is 2.66. The predicted molar refractivity (Wildman–Crippen MR) is 72.2 cm³/mol. The Morgan fingerprint density at radius 2 is 2.00 bits per heavy atom. The summed E-state index contributed by atoms with van der Waals surface area (Å²) in [4.78, 5) is 0.235. The van der Waals surface area contributed by atoms with Crippen LogP contribution in [0.2, 0.25) is 0 Å². The van der Waals surface area contributed by atoms with Crippen molar-refractivity contribution in [3.63, 3.8) is 0 Å². The van der Waals surface area contributed by atoms with Gasteiger partial charge in [0.25, 0.3) is 0 Å². The molecule has 0 amide bonds. The predicted octanol–water partition coefficient (Wildman–Crippen LogP) is 1.45. The molecule has 0 aliphatic carbocycles. The molecule has 0 aliphatic heterocycles. The summed E-state index contributed by atoms with van der Waals surface area (Å²) in [5.41, 5.74) is 0.442. The minimum absolute atomic E-state index is 0.0356. The van der Waals surface area contributed by atoms with Crippen LogP contribution in [-0.4, -0.2) is 36.9 Å². The first-order chi connectivity index (χ1) is 8.49. The molecule has 6 heteroatoms. The van der Waals surface area contributed by atoms with Gasteiger partial charge in [-0.25, -0.2) is 8.42 Å². The van der Waals surface area contributed by atoms with Crippen LogP contribution in [0.25, 0.3) is 0 Å². The van der Waals surface area contributed by atoms with Gasteiger partial charge in [-0.05, 0) is 24.3 Å². The molecule has 1 unspecified atom stereocenters. The average molecular weight is 285 g/mol. The lowest BCUT2D eigenvalue weighted by Crippen LogP contribution is -2.12. The third-order valence-electron chi connectivity index (χ3n) is 2.35. The highest BCUT2D eigenvalue weighted by Crippen LogP contribution is 2.16. The lowest BCUT2D eigenvalue weighted by atomic mass is 10.2. The van der Waals surface area contributed by atoms with Gasteiger partial charge in [-0.1, -0.05) is 6.92 Å². The summed E-state index contributed by atoms with van der Waals surface area (Å²) in [6.07, 6.45) is 0. The first-order valence-corrected chi connectivity index (χ1v) is 8.15. The van der Waals surface area contributed by atoms with Crippen LogP contribution in [0.3, 0.4) is 0 Å². The summed E-state index contributed by atoms with van der Waals surface area (Å²) in [5.74, 6) is 0.484. The Bertz CT molecular complexity index is 517. The maximum atomic E-state index is 11.9. The van der Waals surface area contributed by atoms with Gasteiger partial charge < -0.3 is 5.11 Å². The van der Waals surface area contributed by atoms with Gasteiger partial charge in [0.05, 0.1) is 28.9 Å². The Kier molecular flexibility index (Phi) is 5.66. The number of aliphatic hydroxyl groups is 1. The van der Waals surface area contributed by atoms with Crippen molar-refractivity contribution in [1.29, 1.82) is 5.26 Å². The lowest BCUT2D eigenvalue weighted by molar-refractivity contribution is 0.300. The average Bonchev–Trinajstić information content (AvgIpc) is 2.38. The standard InChI is InChI=1S/C12H15NO3S2/c1-10(9-14)17-6-7-18(15,16)12-4-2-11(8-13)3-5-12/h2-5,10,14H,6-7,9H2,1H3. The lowest BCUT2D eigenvalue weighted by Gasteiger charge is -2.08. The highest BCUT2D eigenvalue weighted by Gasteiger charge is 2.14. The van der Waals surface area contributed by atoms with Crippen molar-refractivity contribution in [2.45, 2.75) is 17.1 Å². The molecule has 0 saturated carbocycles. The quantitative estimate of drug-likeness (QED) is 0.856. The Morgan fingerprint density at radius 1 is 1.39 bits per heavy atom. The van der Waals surface area contributed by atoms with E-state index in [1.807, 2.05) is 13.0 Å². The number of benzene rings is 1. The van der Waals surface area contributed by atoms with Gasteiger partial charge in [0, 0.05) is 11.0 Å². The number of aliphatic hydroxyl groups excluding tert-OH is 1. The van der Waals surface area contributed by atoms with E-state index in [0.29, 0.717) is 11.3 Å². The van der Waals surface area contributed by atoms with Gasteiger partial charge in [0.2, 0.25) is 0 Å². The van der Waals surface area contributed by atoms with E-state index in [1.165, 1.54) is 36.0 Å². The van der Waals surface area contributed by atoms with Crippen LogP contribution in [0.1, 0.15) is 12.5 Å². The zero-order valence-electron chi connectivity index (χ0n) is 10.0. The van der Waals surface area contributed by atoms with Gasteiger partial charge in [-0.15, -0.1) is 0 Å². The van der Waals surface area contributed by atoms with Crippen molar-refractivity contribution in [3.05, 3.63) is 29.8 Å². The summed E-state index contributed by atoms with van der Waals surface area (Å²) in [5, 5.41) is 17.5. The second kappa shape index (κ2) is 6.78. The minimum atomic E-state index is -3.30. The van der Waals surface area contributed by atoms with E-state index in [4.69, 9.17) is 10.4 Å². The molecule has 0 aromatic heterocycles. The summed E-state index contributed by atoms with van der Waals surface area (Å²) in [7, 11) is -3.30. The second-order valence-corrected chi connectivity index (χ2v) is 7.47. The molecule has 1 aromatic carbocycles. The SMILES string of the molecule is CC(CO)SCCS(=O)(=O)c1ccc(C#N)cc1. The topological polar surface area (TPSA) is 78.2 Å². The van der Waals surface area contributed by atoms with Crippen molar-refractivity contribution in [2.75, 3.05) is 18.1 Å². The van der Waals surface area contributed by atoms with E-state index in [-0.39, 0.29) is 22.5 Å². The van der Waals surface area contributed by atoms with Gasteiger partial charge >= 0.3 is 0 Å². The molecule has 0 radical (unpaired) electrons. The third kappa shape index (κ3) is 4.33. The first kappa shape index (κ1) is 15.0. The normalized spacial score (nSPS) is 12.9. The molecule has 0 spiro atoms. The van der Waals surface area contributed by atoms with E-state index in [9.17, 15) is 8.42 Å². The molecule has 1 aromatic rings. The van der Waals surface area contributed by atoms with Gasteiger partial charge in [-0.2, -0.15) is 17.0 Å². The highest BCUT2D eigenvalue weighted by molar-refractivity contribution is 8.01. The molecular formula is C12H15NO3S2. The second-order valence-electron chi connectivity index (χ2n) is 3.82. The molecule has 18 heavy (non-hydrogen) atoms. The molecule has 1 N–H and O–H groups in total. The highest BCUT2D eigenvalue weighted by atomic mass is 32.2. The number of thioether (sulfide) groups is 1. The Hall–Kier alpha value is -1.03. The van der Waals surface area contributed by atoms with Crippen LogP contribution in [0.15, 0.2) is 29.2 Å². The van der Waals surface area contributed by atoms with Gasteiger partial charge in [-0.3, -0.25) is 0 Å². The van der Waals surface area contributed by atoms with E-state index in [1.54, 1.807) is 0 Å². The molecule has 0 fully saturated rings. The van der Waals surface area contributed by atoms with Crippen LogP contribution in [0.4, 0.5) is 0 Å². The number of sulfone groups is 1. The summed E-state index contributed by atoms with van der Waals surface area (Å²) in [6.45, 7) is 1.89. The molecular weight excluding hydrogens is 270 g/mol. The fourth-order valence-electron chi connectivity index (χ4n) is 1.27. The number of rotatable bonds is 6. The van der Waals surface area contributed by atoms with E-state index in [0.717, 1.165) is 0 Å². The fourth-order valence-corrected chi connectivity index (χ4v) is 3.82. The third-order valence-corrected chi connectivity index (χ3v) is 5.50. The molecule has 0 heterocycles. The Morgan fingerprint density at radius 3 is 2.50 bits per heavy atom. The maximum Gasteiger partial charge on any atom is 0.179 e. The smallest absolute Gasteiger partial charge is 0.179 e. The zero-order valence-corrected chi connectivity index (χ0v) is 11.7. The molecule has 1 rings (SSSR count). The van der Waals surface area contributed by atoms with Crippen LogP contribution in [-0.2, 0) is 9.84 Å². The van der Waals surface area contributed by atoms with E-state index >= 15 is 0 Å². The van der Waals surface area contributed by atoms with Crippen LogP contribution in [0.5, 0.6) is 0 Å². The van der Waals surface area contributed by atoms with Crippen LogP contribution >= 0.6 is 11.8 Å². The minimum Gasteiger partial charge on any atom is -0.395 e. The molecule has 0 bridgehead atoms. The molecule has 4 nitrogen and oxygen atoms in total. The fraction of sp³-hybridized carbons (Fsp3) is 0.417. The summed E-state index contributed by atoms with van der Waals surface area (Å²) in [6, 6.07) is 7.84.